The van der Waals surface area contributed by atoms with Gasteiger partial charge in [0.1, 0.15) is 18.0 Å². The van der Waals surface area contributed by atoms with Crippen LogP contribution in [0, 0.1) is 13.8 Å². The van der Waals surface area contributed by atoms with Gasteiger partial charge in [-0.25, -0.2) is 0 Å². The van der Waals surface area contributed by atoms with E-state index in [0.29, 0.717) is 18.6 Å². The topological polar surface area (TPSA) is 79.2 Å². The number of thiophene rings is 1. The Labute approximate surface area is 180 Å². The first-order valence-corrected chi connectivity index (χ1v) is 11.0. The Morgan fingerprint density at radius 3 is 2.63 bits per heavy atom. The maximum Gasteiger partial charge on any atom is 0.124 e. The Morgan fingerprint density at radius 2 is 1.90 bits per heavy atom. The molecule has 160 valence electrons. The highest BCUT2D eigenvalue weighted by molar-refractivity contribution is 7.19. The normalized spacial score (nSPS) is 24.4. The average molecular weight is 429 g/mol. The maximum absolute atomic E-state index is 10.9. The lowest BCUT2D eigenvalue weighted by atomic mass is 9.88. The molecular formula is C24H28O5S. The molecule has 0 saturated carbocycles. The number of rotatable bonds is 5. The van der Waals surface area contributed by atoms with Crippen LogP contribution >= 0.6 is 11.3 Å². The highest BCUT2D eigenvalue weighted by Gasteiger charge is 2.39. The number of methoxy groups -OCH3 is 1. The fourth-order valence-electron chi connectivity index (χ4n) is 4.22. The minimum atomic E-state index is -1.11. The number of fused-ring (bicyclic) bond motifs is 1. The van der Waals surface area contributed by atoms with Crippen LogP contribution in [0.15, 0.2) is 36.4 Å². The van der Waals surface area contributed by atoms with Crippen LogP contribution in [0.25, 0.3) is 10.1 Å². The summed E-state index contributed by atoms with van der Waals surface area (Å²) in [6.45, 7) is 4.20. The predicted molar refractivity (Wildman–Crippen MR) is 118 cm³/mol. The number of hydrogen-bond donors (Lipinski definition) is 3. The van der Waals surface area contributed by atoms with Crippen LogP contribution in [-0.2, 0) is 15.9 Å². The molecule has 1 saturated heterocycles. The van der Waals surface area contributed by atoms with Crippen LogP contribution in [0.4, 0.5) is 0 Å². The van der Waals surface area contributed by atoms with Crippen LogP contribution in [0.3, 0.4) is 0 Å². The van der Waals surface area contributed by atoms with E-state index in [0.717, 1.165) is 23.1 Å². The molecule has 1 aliphatic heterocycles. The van der Waals surface area contributed by atoms with E-state index in [9.17, 15) is 15.3 Å². The minimum Gasteiger partial charge on any atom is -0.507 e. The molecule has 4 atom stereocenters. The molecular weight excluding hydrogens is 400 g/mol. The molecule has 6 heteroatoms. The molecule has 0 amide bonds. The van der Waals surface area contributed by atoms with Gasteiger partial charge in [0.05, 0.1) is 18.8 Å². The van der Waals surface area contributed by atoms with E-state index < -0.39 is 18.3 Å². The molecule has 5 nitrogen and oxygen atoms in total. The summed E-state index contributed by atoms with van der Waals surface area (Å²) in [5.74, 6) is 0.113. The third-order valence-corrected chi connectivity index (χ3v) is 7.17. The third-order valence-electron chi connectivity index (χ3n) is 6.05. The summed E-state index contributed by atoms with van der Waals surface area (Å²) in [5.41, 5.74) is 3.38. The van der Waals surface area contributed by atoms with E-state index in [1.54, 1.807) is 18.4 Å². The summed E-state index contributed by atoms with van der Waals surface area (Å²) in [6.07, 6.45) is -2.17. The molecule has 1 fully saturated rings. The average Bonchev–Trinajstić information content (AvgIpc) is 3.14. The summed E-state index contributed by atoms with van der Waals surface area (Å²) < 4.78 is 12.5. The van der Waals surface area contributed by atoms with Gasteiger partial charge in [-0.05, 0) is 54.1 Å². The van der Waals surface area contributed by atoms with Crippen molar-refractivity contribution < 1.29 is 24.8 Å². The predicted octanol–water partition coefficient (Wildman–Crippen LogP) is 4.01. The first-order chi connectivity index (χ1) is 14.4. The van der Waals surface area contributed by atoms with Crippen molar-refractivity contribution in [1.29, 1.82) is 0 Å². The Balaban J connectivity index is 1.71. The number of aromatic hydroxyl groups is 1. The molecule has 4 rings (SSSR count). The largest absolute Gasteiger partial charge is 0.507 e. The molecule has 2 heterocycles. The van der Waals surface area contributed by atoms with E-state index in [4.69, 9.17) is 9.47 Å². The van der Waals surface area contributed by atoms with Crippen molar-refractivity contribution in [2.24, 2.45) is 0 Å². The van der Waals surface area contributed by atoms with Gasteiger partial charge in [0, 0.05) is 35.1 Å². The lowest BCUT2D eigenvalue weighted by Crippen LogP contribution is -2.45. The van der Waals surface area contributed by atoms with Gasteiger partial charge in [-0.3, -0.25) is 0 Å². The molecule has 3 aromatic rings. The summed E-state index contributed by atoms with van der Waals surface area (Å²) >= 11 is 1.76. The van der Waals surface area contributed by atoms with Gasteiger partial charge in [-0.1, -0.05) is 18.2 Å². The summed E-state index contributed by atoms with van der Waals surface area (Å²) in [5, 5.41) is 33.0. The fraction of sp³-hybridized carbons (Fsp3) is 0.417. The Kier molecular flexibility index (Phi) is 6.14. The zero-order valence-corrected chi connectivity index (χ0v) is 18.3. The smallest absolute Gasteiger partial charge is 0.124 e. The lowest BCUT2D eigenvalue weighted by Gasteiger charge is -2.38. The Bertz CT molecular complexity index is 1010. The lowest BCUT2D eigenvalue weighted by molar-refractivity contribution is -0.182. The molecule has 30 heavy (non-hydrogen) atoms. The van der Waals surface area contributed by atoms with Gasteiger partial charge >= 0.3 is 0 Å². The van der Waals surface area contributed by atoms with Crippen molar-refractivity contribution in [3.05, 3.63) is 63.5 Å². The van der Waals surface area contributed by atoms with Gasteiger partial charge in [0.25, 0.3) is 0 Å². The molecule has 1 aromatic heterocycles. The summed E-state index contributed by atoms with van der Waals surface area (Å²) in [4.78, 5) is 1.23. The van der Waals surface area contributed by atoms with Crippen LogP contribution in [0.5, 0.6) is 5.75 Å². The highest BCUT2D eigenvalue weighted by Crippen LogP contribution is 2.40. The third kappa shape index (κ3) is 3.98. The SMILES string of the molecule is COCC1CC(O)C(O)C(c2cc(Cc3cc4ccccc4s3)c(C)c(C)c2O)O1. The van der Waals surface area contributed by atoms with E-state index in [1.807, 2.05) is 32.0 Å². The second-order valence-electron chi connectivity index (χ2n) is 8.08. The Hall–Kier alpha value is -1.96. The second-order valence-corrected chi connectivity index (χ2v) is 9.25. The van der Waals surface area contributed by atoms with Crippen LogP contribution < -0.4 is 0 Å². The quantitative estimate of drug-likeness (QED) is 0.572. The number of phenols is 1. The van der Waals surface area contributed by atoms with E-state index in [-0.39, 0.29) is 11.9 Å². The van der Waals surface area contributed by atoms with E-state index >= 15 is 0 Å². The molecule has 0 spiro atoms. The number of aliphatic hydroxyl groups is 2. The van der Waals surface area contributed by atoms with E-state index in [2.05, 4.69) is 18.2 Å². The van der Waals surface area contributed by atoms with Gasteiger partial charge in [-0.2, -0.15) is 0 Å². The Morgan fingerprint density at radius 1 is 1.13 bits per heavy atom. The van der Waals surface area contributed by atoms with Crippen LogP contribution in [0.1, 0.15) is 39.7 Å². The van der Waals surface area contributed by atoms with Crippen molar-refractivity contribution in [3.63, 3.8) is 0 Å². The monoisotopic (exact) mass is 428 g/mol. The van der Waals surface area contributed by atoms with Gasteiger partial charge in [0.2, 0.25) is 0 Å². The first kappa shape index (κ1) is 21.3. The number of ether oxygens (including phenoxy) is 2. The molecule has 2 aromatic carbocycles. The van der Waals surface area contributed by atoms with Crippen LogP contribution in [0.2, 0.25) is 0 Å². The molecule has 0 bridgehead atoms. The van der Waals surface area contributed by atoms with Crippen LogP contribution in [-0.4, -0.2) is 47.3 Å². The molecule has 3 N–H and O–H groups in total. The number of hydrogen-bond acceptors (Lipinski definition) is 6. The zero-order valence-electron chi connectivity index (χ0n) is 17.5. The maximum atomic E-state index is 10.9. The van der Waals surface area contributed by atoms with Crippen molar-refractivity contribution in [2.75, 3.05) is 13.7 Å². The molecule has 0 radical (unpaired) electrons. The van der Waals surface area contributed by atoms with E-state index in [1.165, 1.54) is 15.0 Å². The summed E-state index contributed by atoms with van der Waals surface area (Å²) in [7, 11) is 1.58. The van der Waals surface area contributed by atoms with Crippen molar-refractivity contribution in [1.82, 2.24) is 0 Å². The number of aliphatic hydroxyl groups excluding tert-OH is 2. The molecule has 1 aliphatic rings. The van der Waals surface area contributed by atoms with Gasteiger partial charge in [-0.15, -0.1) is 11.3 Å². The number of benzene rings is 2. The second kappa shape index (κ2) is 8.65. The minimum absolute atomic E-state index is 0.113. The molecule has 4 unspecified atom stereocenters. The van der Waals surface area contributed by atoms with Gasteiger partial charge in [0.15, 0.2) is 0 Å². The van der Waals surface area contributed by atoms with Crippen molar-refractivity contribution >= 4 is 21.4 Å². The standard InChI is InChI=1S/C24H28O5S/c1-13-14(2)22(26)19(24-23(27)20(25)11-17(29-24)12-28-3)10-16(13)9-18-8-15-6-4-5-7-21(15)30-18/h4-8,10,17,20,23-27H,9,11-12H2,1-3H3. The number of phenolic OH excluding ortho intramolecular Hbond substituents is 1. The van der Waals surface area contributed by atoms with Crippen molar-refractivity contribution in [3.8, 4) is 5.75 Å². The zero-order chi connectivity index (χ0) is 21.4. The fourth-order valence-corrected chi connectivity index (χ4v) is 5.30. The summed E-state index contributed by atoms with van der Waals surface area (Å²) in [6, 6.07) is 12.4. The molecule has 0 aliphatic carbocycles. The highest BCUT2D eigenvalue weighted by atomic mass is 32.1. The van der Waals surface area contributed by atoms with Gasteiger partial charge < -0.3 is 24.8 Å². The first-order valence-electron chi connectivity index (χ1n) is 10.2. The van der Waals surface area contributed by atoms with Crippen molar-refractivity contribution in [2.45, 2.75) is 51.1 Å².